The van der Waals surface area contributed by atoms with Crippen LogP contribution in [-0.4, -0.2) is 15.8 Å². The van der Waals surface area contributed by atoms with Crippen LogP contribution < -0.4 is 0 Å². The van der Waals surface area contributed by atoms with E-state index in [0.717, 1.165) is 9.54 Å². The van der Waals surface area contributed by atoms with Crippen molar-refractivity contribution in [3.05, 3.63) is 20.8 Å². The standard InChI is InChI=1S/C9H11BrO2S2/c1-9(2,8(11)12)14-5-6-3-7(10)13-4-6/h3-4H,5H2,1-2H3,(H,11,12). The van der Waals surface area contributed by atoms with E-state index in [9.17, 15) is 4.79 Å². The van der Waals surface area contributed by atoms with Crippen molar-refractivity contribution in [3.8, 4) is 0 Å². The number of aliphatic carboxylic acids is 1. The van der Waals surface area contributed by atoms with Crippen LogP contribution in [0.2, 0.25) is 0 Å². The molecule has 0 bridgehead atoms. The fraction of sp³-hybridized carbons (Fsp3) is 0.444. The zero-order valence-electron chi connectivity index (χ0n) is 7.91. The van der Waals surface area contributed by atoms with Crippen LogP contribution in [-0.2, 0) is 10.5 Å². The van der Waals surface area contributed by atoms with Crippen LogP contribution in [0.1, 0.15) is 19.4 Å². The highest BCUT2D eigenvalue weighted by atomic mass is 79.9. The van der Waals surface area contributed by atoms with Crippen LogP contribution in [0.5, 0.6) is 0 Å². The number of halogens is 1. The van der Waals surface area contributed by atoms with E-state index in [1.807, 2.05) is 11.4 Å². The first-order valence-corrected chi connectivity index (χ1v) is 6.68. The summed E-state index contributed by atoms with van der Waals surface area (Å²) < 4.78 is 0.371. The Labute approximate surface area is 99.8 Å². The molecule has 78 valence electrons. The van der Waals surface area contributed by atoms with Crippen molar-refractivity contribution >= 4 is 45.0 Å². The van der Waals surface area contributed by atoms with Gasteiger partial charge in [-0.3, -0.25) is 4.79 Å². The van der Waals surface area contributed by atoms with Crippen molar-refractivity contribution in [1.29, 1.82) is 0 Å². The minimum atomic E-state index is -0.767. The smallest absolute Gasteiger partial charge is 0.319 e. The van der Waals surface area contributed by atoms with Crippen LogP contribution in [0.4, 0.5) is 0 Å². The monoisotopic (exact) mass is 294 g/mol. The summed E-state index contributed by atoms with van der Waals surface area (Å²) in [6.07, 6.45) is 0. The second kappa shape index (κ2) is 4.68. The number of thiophene rings is 1. The van der Waals surface area contributed by atoms with Gasteiger partial charge in [0.05, 0.1) is 3.79 Å². The number of hydrogen-bond acceptors (Lipinski definition) is 3. The molecule has 0 amide bonds. The van der Waals surface area contributed by atoms with E-state index in [2.05, 4.69) is 15.9 Å². The fourth-order valence-electron chi connectivity index (χ4n) is 0.747. The maximum atomic E-state index is 10.8. The van der Waals surface area contributed by atoms with E-state index in [1.165, 1.54) is 17.3 Å². The Morgan fingerprint density at radius 2 is 2.36 bits per heavy atom. The predicted octanol–water partition coefficient (Wildman–Crippen LogP) is 3.61. The quantitative estimate of drug-likeness (QED) is 0.922. The van der Waals surface area contributed by atoms with Gasteiger partial charge in [0.1, 0.15) is 4.75 Å². The third-order valence-corrected chi connectivity index (χ3v) is 4.66. The second-order valence-corrected chi connectivity index (χ2v) is 7.25. The molecule has 1 aromatic rings. The van der Waals surface area contributed by atoms with E-state index >= 15 is 0 Å². The van der Waals surface area contributed by atoms with Gasteiger partial charge in [0.25, 0.3) is 0 Å². The van der Waals surface area contributed by atoms with Gasteiger partial charge in [0.2, 0.25) is 0 Å². The molecular weight excluding hydrogens is 284 g/mol. The third-order valence-electron chi connectivity index (χ3n) is 1.74. The molecular formula is C9H11BrO2S2. The molecule has 0 aliphatic heterocycles. The van der Waals surface area contributed by atoms with Gasteiger partial charge in [-0.1, -0.05) is 0 Å². The molecule has 1 heterocycles. The van der Waals surface area contributed by atoms with Gasteiger partial charge < -0.3 is 5.11 Å². The molecule has 2 nitrogen and oxygen atoms in total. The van der Waals surface area contributed by atoms with Gasteiger partial charge in [0.15, 0.2) is 0 Å². The van der Waals surface area contributed by atoms with E-state index in [4.69, 9.17) is 5.11 Å². The molecule has 0 fully saturated rings. The predicted molar refractivity (Wildman–Crippen MR) is 65.0 cm³/mol. The van der Waals surface area contributed by atoms with Gasteiger partial charge in [-0.05, 0) is 46.8 Å². The normalized spacial score (nSPS) is 11.6. The van der Waals surface area contributed by atoms with E-state index in [1.54, 1.807) is 25.2 Å². The number of carboxylic acid groups (broad SMARTS) is 1. The van der Waals surface area contributed by atoms with E-state index < -0.39 is 10.7 Å². The van der Waals surface area contributed by atoms with E-state index in [0.29, 0.717) is 0 Å². The van der Waals surface area contributed by atoms with Gasteiger partial charge in [0, 0.05) is 5.75 Å². The molecule has 1 rings (SSSR count). The lowest BCUT2D eigenvalue weighted by Crippen LogP contribution is -2.27. The van der Waals surface area contributed by atoms with Crippen LogP contribution in [0, 0.1) is 0 Å². The van der Waals surface area contributed by atoms with Crippen molar-refractivity contribution in [2.75, 3.05) is 0 Å². The molecule has 0 spiro atoms. The van der Waals surface area contributed by atoms with Crippen LogP contribution >= 0.6 is 39.0 Å². The molecule has 1 aromatic heterocycles. The lowest BCUT2D eigenvalue weighted by molar-refractivity contribution is -0.138. The molecule has 0 unspecified atom stereocenters. The number of carbonyl (C=O) groups is 1. The van der Waals surface area contributed by atoms with Gasteiger partial charge in [-0.2, -0.15) is 0 Å². The number of hydrogen-bond donors (Lipinski definition) is 1. The Morgan fingerprint density at radius 3 is 2.79 bits per heavy atom. The summed E-state index contributed by atoms with van der Waals surface area (Å²) in [7, 11) is 0. The number of carboxylic acids is 1. The van der Waals surface area contributed by atoms with Gasteiger partial charge in [-0.25, -0.2) is 0 Å². The first-order chi connectivity index (χ1) is 6.42. The third kappa shape index (κ3) is 3.29. The molecule has 0 saturated heterocycles. The number of thioether (sulfide) groups is 1. The lowest BCUT2D eigenvalue weighted by Gasteiger charge is -2.17. The summed E-state index contributed by atoms with van der Waals surface area (Å²) in [5.41, 5.74) is 1.17. The molecule has 0 atom stereocenters. The van der Waals surface area contributed by atoms with Crippen molar-refractivity contribution in [3.63, 3.8) is 0 Å². The molecule has 0 aliphatic rings. The SMILES string of the molecule is CC(C)(SCc1csc(Br)c1)C(=O)O. The summed E-state index contributed by atoms with van der Waals surface area (Å²) in [6.45, 7) is 3.45. The summed E-state index contributed by atoms with van der Waals surface area (Å²) in [4.78, 5) is 10.8. The largest absolute Gasteiger partial charge is 0.480 e. The zero-order chi connectivity index (χ0) is 10.8. The Kier molecular flexibility index (Phi) is 4.04. The van der Waals surface area contributed by atoms with Crippen molar-refractivity contribution in [2.45, 2.75) is 24.3 Å². The Balaban J connectivity index is 2.52. The van der Waals surface area contributed by atoms with E-state index in [-0.39, 0.29) is 0 Å². The van der Waals surface area contributed by atoms with Gasteiger partial charge >= 0.3 is 5.97 Å². The highest BCUT2D eigenvalue weighted by molar-refractivity contribution is 9.11. The summed E-state index contributed by atoms with van der Waals surface area (Å²) >= 11 is 6.43. The molecule has 0 aliphatic carbocycles. The minimum absolute atomic E-state index is 0.714. The van der Waals surface area contributed by atoms with Crippen molar-refractivity contribution in [1.82, 2.24) is 0 Å². The maximum Gasteiger partial charge on any atom is 0.319 e. The lowest BCUT2D eigenvalue weighted by atomic mass is 10.2. The summed E-state index contributed by atoms with van der Waals surface area (Å²) in [6, 6.07) is 2.02. The average molecular weight is 295 g/mol. The zero-order valence-corrected chi connectivity index (χ0v) is 11.1. The molecule has 0 aromatic carbocycles. The van der Waals surface area contributed by atoms with Crippen LogP contribution in [0.25, 0.3) is 0 Å². The molecule has 0 saturated carbocycles. The fourth-order valence-corrected chi connectivity index (χ4v) is 2.88. The van der Waals surface area contributed by atoms with Crippen LogP contribution in [0.3, 0.4) is 0 Å². The second-order valence-electron chi connectivity index (χ2n) is 3.36. The average Bonchev–Trinajstić information content (AvgIpc) is 2.48. The summed E-state index contributed by atoms with van der Waals surface area (Å²) in [5, 5.41) is 10.9. The minimum Gasteiger partial charge on any atom is -0.480 e. The molecule has 5 heteroatoms. The number of rotatable bonds is 4. The van der Waals surface area contributed by atoms with Gasteiger partial charge in [-0.15, -0.1) is 23.1 Å². The van der Waals surface area contributed by atoms with Crippen molar-refractivity contribution < 1.29 is 9.90 Å². The topological polar surface area (TPSA) is 37.3 Å². The Morgan fingerprint density at radius 1 is 1.71 bits per heavy atom. The highest BCUT2D eigenvalue weighted by Crippen LogP contribution is 2.31. The molecule has 1 N–H and O–H groups in total. The Hall–Kier alpha value is -0.000000000000000111. The molecule has 0 radical (unpaired) electrons. The maximum absolute atomic E-state index is 10.8. The van der Waals surface area contributed by atoms with Crippen molar-refractivity contribution in [2.24, 2.45) is 0 Å². The summed E-state index contributed by atoms with van der Waals surface area (Å²) in [5.74, 6) is -0.0294. The first-order valence-electron chi connectivity index (χ1n) is 4.02. The highest BCUT2D eigenvalue weighted by Gasteiger charge is 2.27. The van der Waals surface area contributed by atoms with Crippen LogP contribution in [0.15, 0.2) is 15.2 Å². The Bertz CT molecular complexity index is 333. The first kappa shape index (κ1) is 12.1. The molecule has 14 heavy (non-hydrogen) atoms.